The molecule has 0 radical (unpaired) electrons. The van der Waals surface area contributed by atoms with Crippen LogP contribution in [0.3, 0.4) is 0 Å². The van der Waals surface area contributed by atoms with Crippen molar-refractivity contribution in [3.63, 3.8) is 0 Å². The van der Waals surface area contributed by atoms with Crippen LogP contribution in [0.25, 0.3) is 0 Å². The van der Waals surface area contributed by atoms with Crippen molar-refractivity contribution in [1.29, 1.82) is 0 Å². The average Bonchev–Trinajstić information content (AvgIpc) is 2.33. The van der Waals surface area contributed by atoms with Crippen LogP contribution in [-0.2, 0) is 11.3 Å². The summed E-state index contributed by atoms with van der Waals surface area (Å²) in [4.78, 5) is 11.4. The lowest BCUT2D eigenvalue weighted by Gasteiger charge is -2.27. The van der Waals surface area contributed by atoms with Gasteiger partial charge in [0.25, 0.3) is 0 Å². The second-order valence-electron chi connectivity index (χ2n) is 4.59. The van der Waals surface area contributed by atoms with E-state index in [2.05, 4.69) is 5.32 Å². The Kier molecular flexibility index (Phi) is 4.59. The normalized spacial score (nSPS) is 14.9. The second-order valence-corrected chi connectivity index (χ2v) is 4.59. The van der Waals surface area contributed by atoms with Gasteiger partial charge in [0, 0.05) is 25.1 Å². The van der Waals surface area contributed by atoms with Gasteiger partial charge in [-0.25, -0.2) is 0 Å². The minimum absolute atomic E-state index is 0.0176. The third kappa shape index (κ3) is 3.47. The zero-order chi connectivity index (χ0) is 12.8. The Hall–Kier alpha value is -1.55. The van der Waals surface area contributed by atoms with E-state index in [-0.39, 0.29) is 5.91 Å². The Balaban J connectivity index is 1.91. The summed E-state index contributed by atoms with van der Waals surface area (Å²) < 4.78 is 5.90. The quantitative estimate of drug-likeness (QED) is 0.803. The highest BCUT2D eigenvalue weighted by Gasteiger charge is 2.20. The Morgan fingerprint density at radius 2 is 2.17 bits per heavy atom. The highest BCUT2D eigenvalue weighted by atomic mass is 16.5. The van der Waals surface area contributed by atoms with Crippen molar-refractivity contribution in [2.45, 2.75) is 38.3 Å². The summed E-state index contributed by atoms with van der Waals surface area (Å²) >= 11 is 0. The van der Waals surface area contributed by atoms with Gasteiger partial charge in [-0.15, -0.1) is 0 Å². The van der Waals surface area contributed by atoms with E-state index in [9.17, 15) is 4.79 Å². The molecule has 98 valence electrons. The zero-order valence-electron chi connectivity index (χ0n) is 10.5. The predicted octanol–water partition coefficient (Wildman–Crippen LogP) is 1.58. The molecule has 2 rings (SSSR count). The van der Waals surface area contributed by atoms with Gasteiger partial charge in [-0.3, -0.25) is 4.79 Å². The number of rotatable bonds is 6. The van der Waals surface area contributed by atoms with Gasteiger partial charge in [-0.2, -0.15) is 0 Å². The van der Waals surface area contributed by atoms with Crippen molar-refractivity contribution in [3.8, 4) is 5.75 Å². The average molecular weight is 248 g/mol. The Labute approximate surface area is 108 Å². The van der Waals surface area contributed by atoms with Gasteiger partial charge >= 0.3 is 0 Å². The van der Waals surface area contributed by atoms with Crippen molar-refractivity contribution in [2.75, 3.05) is 6.54 Å². The van der Waals surface area contributed by atoms with E-state index in [1.807, 2.05) is 24.3 Å². The van der Waals surface area contributed by atoms with Gasteiger partial charge in [0.1, 0.15) is 5.75 Å². The van der Waals surface area contributed by atoms with Gasteiger partial charge in [0.2, 0.25) is 5.91 Å². The topological polar surface area (TPSA) is 64.4 Å². The fourth-order valence-corrected chi connectivity index (χ4v) is 1.85. The molecule has 18 heavy (non-hydrogen) atoms. The molecule has 1 aromatic rings. The molecule has 4 nitrogen and oxygen atoms in total. The number of para-hydroxylation sites is 1. The lowest BCUT2D eigenvalue weighted by Crippen LogP contribution is -2.27. The van der Waals surface area contributed by atoms with Crippen LogP contribution in [0, 0.1) is 0 Å². The number of nitrogens with two attached hydrogens (primary N) is 1. The number of amides is 1. The lowest BCUT2D eigenvalue weighted by atomic mass is 9.96. The molecule has 4 heteroatoms. The van der Waals surface area contributed by atoms with Crippen molar-refractivity contribution < 1.29 is 9.53 Å². The first-order chi connectivity index (χ1) is 8.79. The SMILES string of the molecule is NCCC(=O)NCc1ccccc1OC1CCC1. The summed E-state index contributed by atoms with van der Waals surface area (Å²) in [6.07, 6.45) is 4.24. The molecule has 3 N–H and O–H groups in total. The molecule has 0 spiro atoms. The molecular formula is C14H20N2O2. The molecule has 0 aromatic heterocycles. The summed E-state index contributed by atoms with van der Waals surface area (Å²) in [5.41, 5.74) is 6.36. The highest BCUT2D eigenvalue weighted by molar-refractivity contribution is 5.76. The van der Waals surface area contributed by atoms with Crippen molar-refractivity contribution in [1.82, 2.24) is 5.32 Å². The minimum Gasteiger partial charge on any atom is -0.490 e. The van der Waals surface area contributed by atoms with Crippen LogP contribution >= 0.6 is 0 Å². The van der Waals surface area contributed by atoms with Crippen LogP contribution in [0.15, 0.2) is 24.3 Å². The maximum Gasteiger partial charge on any atom is 0.221 e. The van der Waals surface area contributed by atoms with E-state index >= 15 is 0 Å². The largest absolute Gasteiger partial charge is 0.490 e. The van der Waals surface area contributed by atoms with Crippen LogP contribution in [-0.4, -0.2) is 18.6 Å². The van der Waals surface area contributed by atoms with Gasteiger partial charge in [-0.05, 0) is 25.3 Å². The first kappa shape index (κ1) is 12.9. The summed E-state index contributed by atoms with van der Waals surface area (Å²) in [7, 11) is 0. The monoisotopic (exact) mass is 248 g/mol. The highest BCUT2D eigenvalue weighted by Crippen LogP contribution is 2.27. The van der Waals surface area contributed by atoms with Crippen LogP contribution in [0.4, 0.5) is 0 Å². The maximum absolute atomic E-state index is 11.4. The maximum atomic E-state index is 11.4. The minimum atomic E-state index is -0.0176. The fraction of sp³-hybridized carbons (Fsp3) is 0.500. The third-order valence-corrected chi connectivity index (χ3v) is 3.17. The molecule has 1 aliphatic rings. The summed E-state index contributed by atoms with van der Waals surface area (Å²) in [6, 6.07) is 7.86. The molecule has 0 heterocycles. The fourth-order valence-electron chi connectivity index (χ4n) is 1.85. The summed E-state index contributed by atoms with van der Waals surface area (Å²) in [5, 5.41) is 2.85. The van der Waals surface area contributed by atoms with Gasteiger partial charge in [0.15, 0.2) is 0 Å². The van der Waals surface area contributed by atoms with E-state index in [1.165, 1.54) is 6.42 Å². The summed E-state index contributed by atoms with van der Waals surface area (Å²) in [5.74, 6) is 0.867. The van der Waals surface area contributed by atoms with Crippen molar-refractivity contribution in [3.05, 3.63) is 29.8 Å². The molecular weight excluding hydrogens is 228 g/mol. The molecule has 1 aromatic carbocycles. The van der Waals surface area contributed by atoms with E-state index in [4.69, 9.17) is 10.5 Å². The molecule has 0 unspecified atom stereocenters. The molecule has 1 saturated carbocycles. The molecule has 1 fully saturated rings. The van der Waals surface area contributed by atoms with Gasteiger partial charge in [0.05, 0.1) is 6.10 Å². The third-order valence-electron chi connectivity index (χ3n) is 3.17. The number of nitrogens with one attached hydrogen (secondary N) is 1. The van der Waals surface area contributed by atoms with Crippen molar-refractivity contribution in [2.24, 2.45) is 5.73 Å². The number of benzene rings is 1. The zero-order valence-corrected chi connectivity index (χ0v) is 10.5. The van der Waals surface area contributed by atoms with Crippen LogP contribution in [0.5, 0.6) is 5.75 Å². The number of carbonyl (C=O) groups excluding carboxylic acids is 1. The number of hydrogen-bond acceptors (Lipinski definition) is 3. The number of hydrogen-bond donors (Lipinski definition) is 2. The standard InChI is InChI=1S/C14H20N2O2/c15-9-8-14(17)16-10-11-4-1-2-7-13(11)18-12-5-3-6-12/h1-2,4,7,12H,3,5-6,8-10,15H2,(H,16,17). The molecule has 0 bridgehead atoms. The smallest absolute Gasteiger partial charge is 0.221 e. The van der Waals surface area contributed by atoms with Crippen LogP contribution < -0.4 is 15.8 Å². The first-order valence-corrected chi connectivity index (χ1v) is 6.51. The van der Waals surface area contributed by atoms with Gasteiger partial charge < -0.3 is 15.8 Å². The van der Waals surface area contributed by atoms with E-state index in [1.54, 1.807) is 0 Å². The Morgan fingerprint density at radius 3 is 2.83 bits per heavy atom. The molecule has 1 amide bonds. The number of carbonyl (C=O) groups is 1. The van der Waals surface area contributed by atoms with Crippen molar-refractivity contribution >= 4 is 5.91 Å². The number of ether oxygens (including phenoxy) is 1. The predicted molar refractivity (Wildman–Crippen MR) is 70.2 cm³/mol. The molecule has 1 aliphatic carbocycles. The van der Waals surface area contributed by atoms with Crippen LogP contribution in [0.2, 0.25) is 0 Å². The van der Waals surface area contributed by atoms with E-state index < -0.39 is 0 Å². The second kappa shape index (κ2) is 6.40. The van der Waals surface area contributed by atoms with Crippen LogP contribution in [0.1, 0.15) is 31.2 Å². The first-order valence-electron chi connectivity index (χ1n) is 6.51. The van der Waals surface area contributed by atoms with Gasteiger partial charge in [-0.1, -0.05) is 18.2 Å². The van der Waals surface area contributed by atoms with E-state index in [0.717, 1.165) is 24.2 Å². The molecule has 0 aliphatic heterocycles. The Morgan fingerprint density at radius 1 is 1.39 bits per heavy atom. The van der Waals surface area contributed by atoms with E-state index in [0.29, 0.717) is 25.6 Å². The summed E-state index contributed by atoms with van der Waals surface area (Å²) in [6.45, 7) is 0.883. The molecule has 0 saturated heterocycles. The lowest BCUT2D eigenvalue weighted by molar-refractivity contribution is -0.121. The molecule has 0 atom stereocenters. The Bertz CT molecular complexity index is 403.